The second-order valence-corrected chi connectivity index (χ2v) is 6.69. The molecule has 0 spiro atoms. The molecule has 1 fully saturated rings. The van der Waals surface area contributed by atoms with Crippen LogP contribution in [0.5, 0.6) is 0 Å². The number of furan rings is 1. The van der Waals surface area contributed by atoms with Gasteiger partial charge in [0.05, 0.1) is 30.3 Å². The first-order valence-corrected chi connectivity index (χ1v) is 9.15. The first kappa shape index (κ1) is 18.0. The Morgan fingerprint density at radius 1 is 1.07 bits per heavy atom. The summed E-state index contributed by atoms with van der Waals surface area (Å²) in [7, 11) is 1.38. The van der Waals surface area contributed by atoms with E-state index in [0.29, 0.717) is 43.2 Å². The fourth-order valence-electron chi connectivity index (χ4n) is 3.68. The minimum atomic E-state index is -0.403. The van der Waals surface area contributed by atoms with Gasteiger partial charge in [0.2, 0.25) is 0 Å². The maximum atomic E-state index is 12.5. The molecule has 3 heterocycles. The number of para-hydroxylation sites is 1. The average molecular weight is 379 g/mol. The number of nitrogens with zero attached hydrogens (tertiary/aromatic N) is 3. The summed E-state index contributed by atoms with van der Waals surface area (Å²) >= 11 is 0. The first-order valence-electron chi connectivity index (χ1n) is 9.15. The van der Waals surface area contributed by atoms with Gasteiger partial charge in [-0.05, 0) is 25.1 Å². The van der Waals surface area contributed by atoms with Crippen molar-refractivity contribution in [2.45, 2.75) is 6.92 Å². The molecule has 7 heteroatoms. The lowest BCUT2D eigenvalue weighted by Crippen LogP contribution is -2.49. The number of amides is 1. The van der Waals surface area contributed by atoms with Gasteiger partial charge in [-0.3, -0.25) is 9.78 Å². The van der Waals surface area contributed by atoms with E-state index in [1.807, 2.05) is 31.2 Å². The Hall–Kier alpha value is -3.35. The van der Waals surface area contributed by atoms with Crippen LogP contribution in [-0.2, 0) is 4.74 Å². The molecule has 1 amide bonds. The number of fused-ring (bicyclic) bond motifs is 1. The number of methoxy groups -OCH3 is 1. The van der Waals surface area contributed by atoms with Gasteiger partial charge in [0, 0.05) is 31.6 Å². The number of carbonyl (C=O) groups is 2. The zero-order valence-corrected chi connectivity index (χ0v) is 15.8. The second-order valence-electron chi connectivity index (χ2n) is 6.69. The molecule has 1 aliphatic rings. The van der Waals surface area contributed by atoms with E-state index >= 15 is 0 Å². The van der Waals surface area contributed by atoms with Crippen molar-refractivity contribution in [3.05, 3.63) is 59.7 Å². The van der Waals surface area contributed by atoms with Crippen LogP contribution in [0.1, 0.15) is 26.6 Å². The van der Waals surface area contributed by atoms with Gasteiger partial charge in [0.1, 0.15) is 5.56 Å². The fourth-order valence-corrected chi connectivity index (χ4v) is 3.68. The van der Waals surface area contributed by atoms with Crippen LogP contribution in [0.2, 0.25) is 0 Å². The lowest BCUT2D eigenvalue weighted by Gasteiger charge is -2.37. The van der Waals surface area contributed by atoms with E-state index in [1.165, 1.54) is 13.4 Å². The van der Waals surface area contributed by atoms with Gasteiger partial charge in [0.25, 0.3) is 5.91 Å². The predicted molar refractivity (Wildman–Crippen MR) is 105 cm³/mol. The minimum absolute atomic E-state index is 0.117. The van der Waals surface area contributed by atoms with E-state index in [-0.39, 0.29) is 5.91 Å². The molecule has 1 saturated heterocycles. The molecule has 28 heavy (non-hydrogen) atoms. The van der Waals surface area contributed by atoms with E-state index < -0.39 is 5.97 Å². The average Bonchev–Trinajstić information content (AvgIpc) is 3.26. The fraction of sp³-hybridized carbons (Fsp3) is 0.286. The lowest BCUT2D eigenvalue weighted by molar-refractivity contribution is 0.0598. The number of carbonyl (C=O) groups excluding carboxylic acids is 2. The molecule has 2 aromatic heterocycles. The third-order valence-corrected chi connectivity index (χ3v) is 5.05. The number of rotatable bonds is 3. The standard InChI is InChI=1S/C21H21N3O4/c1-14-18(21(26)27-2)19(15-6-3-4-7-16(15)22-14)23-9-11-24(12-10-23)20(25)17-8-5-13-28-17/h3-8,13H,9-12H2,1-2H3. The number of benzene rings is 1. The van der Waals surface area contributed by atoms with Crippen molar-refractivity contribution in [3.63, 3.8) is 0 Å². The molecule has 0 radical (unpaired) electrons. The van der Waals surface area contributed by atoms with Crippen molar-refractivity contribution < 1.29 is 18.7 Å². The Morgan fingerprint density at radius 3 is 2.50 bits per heavy atom. The number of aromatic nitrogens is 1. The maximum Gasteiger partial charge on any atom is 0.341 e. The van der Waals surface area contributed by atoms with Crippen molar-refractivity contribution in [2.24, 2.45) is 0 Å². The summed E-state index contributed by atoms with van der Waals surface area (Å²) in [6.07, 6.45) is 1.50. The van der Waals surface area contributed by atoms with Crippen LogP contribution in [0.25, 0.3) is 10.9 Å². The number of pyridine rings is 1. The predicted octanol–water partition coefficient (Wildman–Crippen LogP) is 2.89. The third-order valence-electron chi connectivity index (χ3n) is 5.05. The monoisotopic (exact) mass is 379 g/mol. The van der Waals surface area contributed by atoms with Crippen molar-refractivity contribution in [2.75, 3.05) is 38.2 Å². The van der Waals surface area contributed by atoms with E-state index in [1.54, 1.807) is 17.0 Å². The van der Waals surface area contributed by atoms with Gasteiger partial charge in [0.15, 0.2) is 5.76 Å². The van der Waals surface area contributed by atoms with Crippen LogP contribution < -0.4 is 4.90 Å². The Morgan fingerprint density at radius 2 is 1.82 bits per heavy atom. The Balaban J connectivity index is 1.68. The molecule has 3 aromatic rings. The number of hydrogen-bond donors (Lipinski definition) is 0. The largest absolute Gasteiger partial charge is 0.465 e. The summed E-state index contributed by atoms with van der Waals surface area (Å²) in [5.41, 5.74) is 2.76. The number of anilines is 1. The van der Waals surface area contributed by atoms with Crippen LogP contribution >= 0.6 is 0 Å². The van der Waals surface area contributed by atoms with E-state index in [0.717, 1.165) is 16.6 Å². The highest BCUT2D eigenvalue weighted by Gasteiger charge is 2.28. The molecule has 0 N–H and O–H groups in total. The quantitative estimate of drug-likeness (QED) is 0.652. The summed E-state index contributed by atoms with van der Waals surface area (Å²) in [5, 5.41) is 0.902. The molecule has 0 bridgehead atoms. The van der Waals surface area contributed by atoms with Gasteiger partial charge in [-0.25, -0.2) is 4.79 Å². The number of piperazine rings is 1. The number of esters is 1. The minimum Gasteiger partial charge on any atom is -0.465 e. The summed E-state index contributed by atoms with van der Waals surface area (Å²) in [6.45, 7) is 4.10. The van der Waals surface area contributed by atoms with Gasteiger partial charge < -0.3 is 19.0 Å². The smallest absolute Gasteiger partial charge is 0.341 e. The van der Waals surface area contributed by atoms with Gasteiger partial charge in [-0.2, -0.15) is 0 Å². The highest BCUT2D eigenvalue weighted by Crippen LogP contribution is 2.33. The highest BCUT2D eigenvalue weighted by atomic mass is 16.5. The van der Waals surface area contributed by atoms with Crippen LogP contribution in [0.15, 0.2) is 47.1 Å². The summed E-state index contributed by atoms with van der Waals surface area (Å²) in [5.74, 6) is -0.178. The molecular formula is C21H21N3O4. The van der Waals surface area contributed by atoms with Crippen LogP contribution in [-0.4, -0.2) is 55.0 Å². The summed E-state index contributed by atoms with van der Waals surface area (Å²) in [6, 6.07) is 11.1. The zero-order valence-electron chi connectivity index (χ0n) is 15.8. The van der Waals surface area contributed by atoms with Crippen LogP contribution in [0, 0.1) is 6.92 Å². The topological polar surface area (TPSA) is 75.9 Å². The first-order chi connectivity index (χ1) is 13.6. The molecule has 4 rings (SSSR count). The zero-order chi connectivity index (χ0) is 19.7. The number of ether oxygens (including phenoxy) is 1. The second kappa shape index (κ2) is 7.34. The highest BCUT2D eigenvalue weighted by molar-refractivity contribution is 6.06. The van der Waals surface area contributed by atoms with Gasteiger partial charge >= 0.3 is 5.97 Å². The molecule has 144 valence electrons. The maximum absolute atomic E-state index is 12.5. The third kappa shape index (κ3) is 3.09. The molecular weight excluding hydrogens is 358 g/mol. The number of aryl methyl sites for hydroxylation is 1. The normalized spacial score (nSPS) is 14.4. The Bertz CT molecular complexity index is 1020. The molecule has 0 saturated carbocycles. The molecule has 0 unspecified atom stereocenters. The van der Waals surface area contributed by atoms with Crippen LogP contribution in [0.3, 0.4) is 0 Å². The Labute approximate surface area is 162 Å². The summed E-state index contributed by atoms with van der Waals surface area (Å²) < 4.78 is 10.2. The Kier molecular flexibility index (Phi) is 4.73. The molecule has 1 aromatic carbocycles. The van der Waals surface area contributed by atoms with E-state index in [2.05, 4.69) is 9.88 Å². The van der Waals surface area contributed by atoms with Crippen LogP contribution in [0.4, 0.5) is 5.69 Å². The van der Waals surface area contributed by atoms with Crippen molar-refractivity contribution in [1.29, 1.82) is 0 Å². The van der Waals surface area contributed by atoms with Gasteiger partial charge in [-0.1, -0.05) is 18.2 Å². The molecule has 0 atom stereocenters. The lowest BCUT2D eigenvalue weighted by atomic mass is 10.0. The molecule has 1 aliphatic heterocycles. The van der Waals surface area contributed by atoms with Crippen molar-refractivity contribution >= 4 is 28.5 Å². The molecule has 7 nitrogen and oxygen atoms in total. The van der Waals surface area contributed by atoms with Gasteiger partial charge in [-0.15, -0.1) is 0 Å². The number of hydrogen-bond acceptors (Lipinski definition) is 6. The van der Waals surface area contributed by atoms with Crippen molar-refractivity contribution in [3.8, 4) is 0 Å². The van der Waals surface area contributed by atoms with E-state index in [4.69, 9.17) is 9.15 Å². The van der Waals surface area contributed by atoms with E-state index in [9.17, 15) is 9.59 Å². The molecule has 0 aliphatic carbocycles. The SMILES string of the molecule is COC(=O)c1c(C)nc2ccccc2c1N1CCN(C(=O)c2ccco2)CC1. The summed E-state index contributed by atoms with van der Waals surface area (Å²) in [4.78, 5) is 33.5. The van der Waals surface area contributed by atoms with Crippen molar-refractivity contribution in [1.82, 2.24) is 9.88 Å².